The lowest BCUT2D eigenvalue weighted by Gasteiger charge is -2.31. The molecular formula is C26H27Br2NO4S2. The van der Waals surface area contributed by atoms with Gasteiger partial charge in [-0.25, -0.2) is 4.79 Å². The minimum Gasteiger partial charge on any atom is -0.492 e. The minimum absolute atomic E-state index is 0.0941. The van der Waals surface area contributed by atoms with Gasteiger partial charge in [0.2, 0.25) is 0 Å². The van der Waals surface area contributed by atoms with E-state index in [4.69, 9.17) is 9.47 Å². The minimum atomic E-state index is -0.627. The summed E-state index contributed by atoms with van der Waals surface area (Å²) in [6.07, 6.45) is -0.528. The zero-order chi connectivity index (χ0) is 24.9. The molecule has 0 saturated heterocycles. The molecule has 9 heteroatoms. The van der Waals surface area contributed by atoms with Crippen molar-refractivity contribution in [3.8, 4) is 5.75 Å². The average Bonchev–Trinajstić information content (AvgIpc) is 2.87. The molecule has 0 unspecified atom stereocenters. The predicted molar refractivity (Wildman–Crippen MR) is 151 cm³/mol. The van der Waals surface area contributed by atoms with Gasteiger partial charge >= 0.3 is 6.09 Å². The standard InChI is InChI=1S/C26H27Br2NO4S2/c27-20-6-4-10-23(14-20)34-18-26(16-30,19-35-24-11-5-7-21(28)15-24)17-33-25(31)29-12-13-32-22-8-2-1-3-9-22/h1-11,14-15,30H,12-13,16-19H2,(H,29,31). The van der Waals surface area contributed by atoms with Crippen LogP contribution in [0.3, 0.4) is 0 Å². The molecule has 0 aliphatic heterocycles. The lowest BCUT2D eigenvalue weighted by atomic mass is 9.96. The number of benzene rings is 3. The molecule has 0 radical (unpaired) electrons. The summed E-state index contributed by atoms with van der Waals surface area (Å²) in [7, 11) is 0. The number of hydrogen-bond donors (Lipinski definition) is 2. The zero-order valence-electron chi connectivity index (χ0n) is 19.0. The fourth-order valence-electron chi connectivity index (χ4n) is 2.96. The molecule has 35 heavy (non-hydrogen) atoms. The Morgan fingerprint density at radius 2 is 1.49 bits per heavy atom. The third-order valence-electron chi connectivity index (χ3n) is 4.91. The number of alkyl carbamates (subject to hydrolysis) is 1. The number of nitrogens with one attached hydrogen (secondary N) is 1. The number of thioether (sulfide) groups is 2. The molecule has 3 rings (SSSR count). The van der Waals surface area contributed by atoms with Crippen LogP contribution in [0.2, 0.25) is 0 Å². The first-order valence-electron chi connectivity index (χ1n) is 10.9. The molecule has 3 aromatic rings. The van der Waals surface area contributed by atoms with Crippen molar-refractivity contribution in [1.82, 2.24) is 5.32 Å². The van der Waals surface area contributed by atoms with E-state index in [-0.39, 0.29) is 13.2 Å². The van der Waals surface area contributed by atoms with Gasteiger partial charge < -0.3 is 19.9 Å². The smallest absolute Gasteiger partial charge is 0.407 e. The van der Waals surface area contributed by atoms with E-state index in [1.54, 1.807) is 23.5 Å². The van der Waals surface area contributed by atoms with Gasteiger partial charge in [0.25, 0.3) is 0 Å². The summed E-state index contributed by atoms with van der Waals surface area (Å²) in [6, 6.07) is 25.5. The Morgan fingerprint density at radius 1 is 0.886 bits per heavy atom. The van der Waals surface area contributed by atoms with Gasteiger partial charge in [0, 0.05) is 35.7 Å². The molecule has 0 spiro atoms. The molecule has 0 bridgehead atoms. The topological polar surface area (TPSA) is 67.8 Å². The molecule has 186 valence electrons. The van der Waals surface area contributed by atoms with Crippen molar-refractivity contribution >= 4 is 61.5 Å². The van der Waals surface area contributed by atoms with Crippen molar-refractivity contribution in [3.63, 3.8) is 0 Å². The van der Waals surface area contributed by atoms with E-state index in [9.17, 15) is 9.90 Å². The molecular weight excluding hydrogens is 614 g/mol. The average molecular weight is 641 g/mol. The number of carbonyl (C=O) groups is 1. The highest BCUT2D eigenvalue weighted by Crippen LogP contribution is 2.35. The molecule has 5 nitrogen and oxygen atoms in total. The first kappa shape index (κ1) is 27.9. The quantitative estimate of drug-likeness (QED) is 0.157. The largest absolute Gasteiger partial charge is 0.492 e. The summed E-state index contributed by atoms with van der Waals surface area (Å²) in [5, 5.41) is 13.1. The monoisotopic (exact) mass is 639 g/mol. The van der Waals surface area contributed by atoms with E-state index in [1.807, 2.05) is 78.9 Å². The number of ether oxygens (including phenoxy) is 2. The number of aliphatic hydroxyl groups is 1. The van der Waals surface area contributed by atoms with E-state index < -0.39 is 11.5 Å². The van der Waals surface area contributed by atoms with Crippen LogP contribution >= 0.6 is 55.4 Å². The fraction of sp³-hybridized carbons (Fsp3) is 0.269. The highest BCUT2D eigenvalue weighted by atomic mass is 79.9. The third-order valence-corrected chi connectivity index (χ3v) is 8.58. The van der Waals surface area contributed by atoms with Gasteiger partial charge in [0.05, 0.1) is 13.2 Å². The molecule has 0 atom stereocenters. The van der Waals surface area contributed by atoms with E-state index >= 15 is 0 Å². The summed E-state index contributed by atoms with van der Waals surface area (Å²) >= 11 is 10.3. The molecule has 0 fully saturated rings. The SMILES string of the molecule is O=C(NCCOc1ccccc1)OCC(CO)(CSc1cccc(Br)c1)CSc1cccc(Br)c1. The molecule has 2 N–H and O–H groups in total. The van der Waals surface area contributed by atoms with E-state index in [0.29, 0.717) is 24.7 Å². The Bertz CT molecular complexity index is 1020. The summed E-state index contributed by atoms with van der Waals surface area (Å²) in [5.74, 6) is 1.92. The zero-order valence-corrected chi connectivity index (χ0v) is 23.8. The van der Waals surface area contributed by atoms with Crippen LogP contribution in [0, 0.1) is 5.41 Å². The van der Waals surface area contributed by atoms with Crippen LogP contribution in [0.1, 0.15) is 0 Å². The second kappa shape index (κ2) is 14.8. The van der Waals surface area contributed by atoms with Crippen molar-refractivity contribution in [2.45, 2.75) is 9.79 Å². The maximum Gasteiger partial charge on any atom is 0.407 e. The lowest BCUT2D eigenvalue weighted by Crippen LogP contribution is -2.39. The van der Waals surface area contributed by atoms with Crippen molar-refractivity contribution < 1.29 is 19.4 Å². The normalized spacial score (nSPS) is 11.2. The van der Waals surface area contributed by atoms with Gasteiger partial charge in [-0.2, -0.15) is 0 Å². The number of para-hydroxylation sites is 1. The number of amides is 1. The molecule has 1 amide bonds. The van der Waals surface area contributed by atoms with Crippen molar-refractivity contribution in [1.29, 1.82) is 0 Å². The lowest BCUT2D eigenvalue weighted by molar-refractivity contribution is 0.0661. The van der Waals surface area contributed by atoms with Crippen LogP contribution in [0.4, 0.5) is 4.79 Å². The molecule has 0 heterocycles. The number of carbonyl (C=O) groups excluding carboxylic acids is 1. The summed E-state index contributed by atoms with van der Waals surface area (Å²) in [4.78, 5) is 14.5. The summed E-state index contributed by atoms with van der Waals surface area (Å²) in [5.41, 5.74) is -0.627. The number of rotatable bonds is 13. The number of aliphatic hydroxyl groups excluding tert-OH is 1. The third kappa shape index (κ3) is 10.1. The van der Waals surface area contributed by atoms with E-state index in [0.717, 1.165) is 24.5 Å². The van der Waals surface area contributed by atoms with Gasteiger partial charge in [-0.05, 0) is 48.5 Å². The Labute approximate surface area is 231 Å². The van der Waals surface area contributed by atoms with Crippen LogP contribution in [-0.4, -0.2) is 49.1 Å². The fourth-order valence-corrected chi connectivity index (χ4v) is 6.46. The van der Waals surface area contributed by atoms with E-state index in [1.165, 1.54) is 0 Å². The molecule has 3 aromatic carbocycles. The highest BCUT2D eigenvalue weighted by molar-refractivity contribution is 9.10. The predicted octanol–water partition coefficient (Wildman–Crippen LogP) is 6.88. The Kier molecular flexibility index (Phi) is 11.8. The first-order chi connectivity index (χ1) is 17.0. The molecule has 0 aliphatic rings. The van der Waals surface area contributed by atoms with Crippen LogP contribution in [-0.2, 0) is 4.74 Å². The van der Waals surface area contributed by atoms with Crippen LogP contribution in [0.15, 0.2) is 97.6 Å². The molecule has 0 saturated carbocycles. The maximum atomic E-state index is 12.4. The van der Waals surface area contributed by atoms with Gasteiger partial charge in [-0.3, -0.25) is 0 Å². The van der Waals surface area contributed by atoms with Crippen molar-refractivity contribution in [2.24, 2.45) is 5.41 Å². The van der Waals surface area contributed by atoms with Crippen LogP contribution < -0.4 is 10.1 Å². The Morgan fingerprint density at radius 3 is 2.03 bits per heavy atom. The maximum absolute atomic E-state index is 12.4. The summed E-state index contributed by atoms with van der Waals surface area (Å²) < 4.78 is 13.1. The van der Waals surface area contributed by atoms with Crippen molar-refractivity contribution in [2.75, 3.05) is 37.9 Å². The Hall–Kier alpha value is -1.65. The van der Waals surface area contributed by atoms with Gasteiger partial charge in [-0.15, -0.1) is 23.5 Å². The highest BCUT2D eigenvalue weighted by Gasteiger charge is 2.32. The summed E-state index contributed by atoms with van der Waals surface area (Å²) in [6.45, 7) is 0.636. The van der Waals surface area contributed by atoms with Gasteiger partial charge in [0.1, 0.15) is 19.0 Å². The first-order valence-corrected chi connectivity index (χ1v) is 14.5. The number of halogens is 2. The van der Waals surface area contributed by atoms with E-state index in [2.05, 4.69) is 37.2 Å². The van der Waals surface area contributed by atoms with Crippen molar-refractivity contribution in [3.05, 3.63) is 87.8 Å². The van der Waals surface area contributed by atoms with Gasteiger partial charge in [0.15, 0.2) is 0 Å². The van der Waals surface area contributed by atoms with Crippen LogP contribution in [0.5, 0.6) is 5.75 Å². The van der Waals surface area contributed by atoms with Gasteiger partial charge in [-0.1, -0.05) is 62.2 Å². The Balaban J connectivity index is 1.56. The molecule has 0 aliphatic carbocycles. The number of hydrogen-bond acceptors (Lipinski definition) is 6. The molecule has 0 aromatic heterocycles. The second-order valence-electron chi connectivity index (χ2n) is 7.81. The van der Waals surface area contributed by atoms with Crippen LogP contribution in [0.25, 0.3) is 0 Å². The second-order valence-corrected chi connectivity index (χ2v) is 11.7.